The predicted octanol–water partition coefficient (Wildman–Crippen LogP) is 9.35. The molecule has 7 rings (SSSR count). The number of anilines is 1. The highest BCUT2D eigenvalue weighted by atomic mass is 35.5. The molecular weight excluding hydrogens is 1120 g/mol. The lowest BCUT2D eigenvalue weighted by Gasteiger charge is -2.50. The average Bonchev–Trinajstić information content (AvgIpc) is 3.76. The van der Waals surface area contributed by atoms with Gasteiger partial charge in [0, 0.05) is 105 Å². The summed E-state index contributed by atoms with van der Waals surface area (Å²) in [6.45, 7) is 21.6. The monoisotopic (exact) mass is 1210 g/mol. The van der Waals surface area contributed by atoms with Gasteiger partial charge < -0.3 is 67.4 Å². The van der Waals surface area contributed by atoms with Crippen molar-refractivity contribution in [3.05, 3.63) is 46.2 Å². The van der Waals surface area contributed by atoms with Crippen LogP contribution in [-0.4, -0.2) is 175 Å². The smallest absolute Gasteiger partial charge is 0.320 e. The molecule has 1 aromatic heterocycles. The van der Waals surface area contributed by atoms with E-state index in [1.54, 1.807) is 54.3 Å². The minimum atomic E-state index is -1.44. The molecule has 0 amide bonds. The molecule has 21 heteroatoms. The fourth-order valence-electron chi connectivity index (χ4n) is 13.4. The molecule has 1 saturated carbocycles. The molecule has 1 aliphatic carbocycles. The molecule has 2 aromatic rings. The highest BCUT2D eigenvalue weighted by molar-refractivity contribution is 8.00. The van der Waals surface area contributed by atoms with Crippen LogP contribution in [-0.2, 0) is 58.8 Å². The number of hydrogen-bond acceptors (Lipinski definition) is 19. The van der Waals surface area contributed by atoms with E-state index in [0.29, 0.717) is 58.3 Å². The van der Waals surface area contributed by atoms with Gasteiger partial charge >= 0.3 is 11.9 Å². The molecule has 0 bridgehead atoms. The molecule has 1 aromatic carbocycles. The minimum Gasteiger partial charge on any atom is -0.493 e. The van der Waals surface area contributed by atoms with Gasteiger partial charge in [-0.25, -0.2) is 0 Å². The van der Waals surface area contributed by atoms with Crippen molar-refractivity contribution in [3.63, 3.8) is 0 Å². The summed E-state index contributed by atoms with van der Waals surface area (Å²) in [5.41, 5.74) is -2.34. The first-order valence-electron chi connectivity index (χ1n) is 29.4. The highest BCUT2D eigenvalue weighted by Crippen LogP contribution is 2.48. The average molecular weight is 1210 g/mol. The fourth-order valence-corrected chi connectivity index (χ4v) is 15.4. The maximum Gasteiger partial charge on any atom is 0.320 e. The van der Waals surface area contributed by atoms with Crippen LogP contribution in [0.25, 0.3) is 0 Å². The first kappa shape index (κ1) is 66.5. The Morgan fingerprint density at radius 1 is 0.866 bits per heavy atom. The largest absolute Gasteiger partial charge is 0.493 e. The van der Waals surface area contributed by atoms with E-state index < -0.39 is 107 Å². The maximum atomic E-state index is 15.4. The van der Waals surface area contributed by atoms with E-state index in [1.807, 2.05) is 59.9 Å². The quantitative estimate of drug-likeness (QED) is 0.126. The molecule has 2 N–H and O–H groups in total. The van der Waals surface area contributed by atoms with E-state index in [9.17, 15) is 19.8 Å². The number of hydrogen-bond donors (Lipinski definition) is 2. The van der Waals surface area contributed by atoms with Gasteiger partial charge in [-0.3, -0.25) is 19.4 Å². The second kappa shape index (κ2) is 28.2. The fraction of sp³-hybridized carbons (Fsp3) is 0.770. The van der Waals surface area contributed by atoms with Crippen LogP contribution in [0.4, 0.5) is 5.69 Å². The summed E-state index contributed by atoms with van der Waals surface area (Å²) in [6, 6.07) is 5.47. The minimum absolute atomic E-state index is 0.0683. The molecule has 18 atom stereocenters. The summed E-state index contributed by atoms with van der Waals surface area (Å²) < 4.78 is 64.2. The Hall–Kier alpha value is -3.05. The second-order valence-corrected chi connectivity index (χ2v) is 27.1. The molecule has 4 saturated heterocycles. The van der Waals surface area contributed by atoms with Gasteiger partial charge in [0.1, 0.15) is 35.4 Å². The molecule has 4 aliphatic heterocycles. The zero-order chi connectivity index (χ0) is 60.2. The van der Waals surface area contributed by atoms with Gasteiger partial charge in [0.15, 0.2) is 24.1 Å². The SMILES string of the molecule is COc1ccc(N(CCS[C@@H]2C(=O)O[C@]3(C)COC(=O)[C@H](C)[C@@H](O[C@H]4C[C@@](C)(OC)[C@@H](O)[C@H](C)O4)[C@H](C)[C@@H](O[C@@H]4O[C@H](C)C[C@H](N(C)CC(C)C)[C@H]4O)[C@](C)(OC)C[C@@H](C)C(=O)[C@H](C)[C@@H]23)Cc2c(Cl)cncc2Cl)cc1OC1CCCC1. The van der Waals surface area contributed by atoms with Crippen molar-refractivity contribution in [2.45, 2.75) is 211 Å². The Bertz CT molecular complexity index is 2460. The van der Waals surface area contributed by atoms with E-state index in [4.69, 9.17) is 70.6 Å². The Labute approximate surface area is 500 Å². The molecule has 0 radical (unpaired) electrons. The van der Waals surface area contributed by atoms with Gasteiger partial charge in [0.2, 0.25) is 0 Å². The second-order valence-electron chi connectivity index (χ2n) is 25.0. The predicted molar refractivity (Wildman–Crippen MR) is 314 cm³/mol. The standard InChI is InChI=1S/C61H93Cl2N3O15S/c1-33(2)30-65(12)45-24-35(4)76-58(51(45)68)80-55-37(6)52(79-48-27-59(9,73-14)54(69)39(8)77-48)38(7)56(70)75-32-61(11)49(36(5)50(67)34(3)26-60(55,10)74-15)53(57(71)81-61)82-23-22-66(31-42-43(62)28-64-29-44(42)63)40-20-21-46(72-13)47(25-40)78-41-18-16-17-19-41/h20-21,25,28-29,33-39,41,45,48-49,51-55,58,68-69H,16-19,22-24,26-27,30-32H2,1-15H3/t34-,35-,36-,37+,38-,39+,45+,48+,49+,51-,52+,53+,54+,55-,58+,59-,60-,61-/m1/s1. The third-order valence-electron chi connectivity index (χ3n) is 18.2. The number of cyclic esters (lactones) is 1. The number of Topliss-reactive ketones (excluding diaryl/α,β-unsaturated/α-hetero) is 1. The Morgan fingerprint density at radius 3 is 2.17 bits per heavy atom. The number of halogens is 2. The zero-order valence-corrected chi connectivity index (χ0v) is 53.2. The number of carbonyl (C=O) groups is 3. The van der Waals surface area contributed by atoms with Gasteiger partial charge in [0.05, 0.1) is 64.8 Å². The topological polar surface area (TPSA) is 203 Å². The van der Waals surface area contributed by atoms with E-state index in [-0.39, 0.29) is 43.5 Å². The van der Waals surface area contributed by atoms with Gasteiger partial charge in [-0.1, -0.05) is 57.8 Å². The van der Waals surface area contributed by atoms with Crippen LogP contribution < -0.4 is 14.4 Å². The van der Waals surface area contributed by atoms with Crippen molar-refractivity contribution in [1.29, 1.82) is 0 Å². The molecular formula is C61H93Cl2N3O15S. The van der Waals surface area contributed by atoms with E-state index in [1.165, 1.54) is 18.9 Å². The number of pyridine rings is 1. The highest BCUT2D eigenvalue weighted by Gasteiger charge is 2.59. The lowest BCUT2D eigenvalue weighted by atomic mass is 9.72. The van der Waals surface area contributed by atoms with Crippen molar-refractivity contribution in [2.24, 2.45) is 35.5 Å². The first-order valence-corrected chi connectivity index (χ1v) is 31.2. The van der Waals surface area contributed by atoms with Crippen LogP contribution in [0.2, 0.25) is 10.0 Å². The summed E-state index contributed by atoms with van der Waals surface area (Å²) in [4.78, 5) is 53.3. The Balaban J connectivity index is 1.23. The molecule has 0 spiro atoms. The number of aromatic nitrogens is 1. The van der Waals surface area contributed by atoms with E-state index >= 15 is 4.79 Å². The van der Waals surface area contributed by atoms with Crippen molar-refractivity contribution >= 4 is 58.4 Å². The van der Waals surface area contributed by atoms with E-state index in [0.717, 1.165) is 37.9 Å². The third kappa shape index (κ3) is 15.0. The number of fused-ring (bicyclic) bond motifs is 1. The number of esters is 2. The number of aliphatic hydroxyl groups excluding tert-OH is 2. The number of methoxy groups -OCH3 is 3. The Morgan fingerprint density at radius 2 is 1.54 bits per heavy atom. The normalized spacial score (nSPS) is 37.1. The summed E-state index contributed by atoms with van der Waals surface area (Å²) in [5.74, 6) is -3.46. The van der Waals surface area contributed by atoms with Gasteiger partial charge in [0.25, 0.3) is 0 Å². The van der Waals surface area contributed by atoms with Crippen LogP contribution in [0.5, 0.6) is 11.5 Å². The van der Waals surface area contributed by atoms with Gasteiger partial charge in [-0.15, -0.1) is 11.8 Å². The summed E-state index contributed by atoms with van der Waals surface area (Å²) >= 11 is 14.9. The van der Waals surface area contributed by atoms with Crippen LogP contribution in [0, 0.1) is 35.5 Å². The third-order valence-corrected chi connectivity index (χ3v) is 20.1. The summed E-state index contributed by atoms with van der Waals surface area (Å²) in [6.07, 6.45) is 0.779. The molecule has 82 heavy (non-hydrogen) atoms. The molecule has 0 unspecified atom stereocenters. The number of carbonyl (C=O) groups excluding carboxylic acids is 3. The lowest BCUT2D eigenvalue weighted by molar-refractivity contribution is -0.319. The van der Waals surface area contributed by atoms with Gasteiger partial charge in [-0.2, -0.15) is 0 Å². The van der Waals surface area contributed by atoms with E-state index in [2.05, 4.69) is 28.6 Å². The molecule has 5 heterocycles. The van der Waals surface area contributed by atoms with Crippen molar-refractivity contribution in [1.82, 2.24) is 9.88 Å². The van der Waals surface area contributed by atoms with Crippen molar-refractivity contribution in [3.8, 4) is 11.5 Å². The summed E-state index contributed by atoms with van der Waals surface area (Å²) in [7, 11) is 6.68. The van der Waals surface area contributed by atoms with Crippen LogP contribution in [0.1, 0.15) is 127 Å². The first-order chi connectivity index (χ1) is 38.7. The Kier molecular flexibility index (Phi) is 22.9. The number of ketones is 1. The van der Waals surface area contributed by atoms with Crippen molar-refractivity contribution < 1.29 is 72.0 Å². The van der Waals surface area contributed by atoms with Crippen molar-refractivity contribution in [2.75, 3.05) is 58.7 Å². The van der Waals surface area contributed by atoms with Crippen LogP contribution in [0.15, 0.2) is 30.6 Å². The number of rotatable bonds is 19. The number of likely N-dealkylation sites (N-methyl/N-ethyl adjacent to an activating group) is 1. The molecule has 18 nitrogen and oxygen atoms in total. The number of aliphatic hydroxyl groups is 2. The molecule has 5 fully saturated rings. The summed E-state index contributed by atoms with van der Waals surface area (Å²) in [5, 5.41) is 23.4. The lowest BCUT2D eigenvalue weighted by Crippen LogP contribution is -2.61. The number of ether oxygens (including phenoxy) is 10. The van der Waals surface area contributed by atoms with Crippen LogP contribution >= 0.6 is 35.0 Å². The number of nitrogens with zero attached hydrogens (tertiary/aromatic N) is 3. The van der Waals surface area contributed by atoms with Gasteiger partial charge in [-0.05, 0) is 105 Å². The maximum absolute atomic E-state index is 15.4. The zero-order valence-electron chi connectivity index (χ0n) is 50.9. The number of benzene rings is 1. The molecule has 5 aliphatic rings. The molecule has 462 valence electrons. The van der Waals surface area contributed by atoms with Crippen LogP contribution in [0.3, 0.4) is 0 Å². The number of thioether (sulfide) groups is 1.